The molecule has 0 aromatic heterocycles. The zero-order valence-corrected chi connectivity index (χ0v) is 12.6. The first-order valence-electron chi connectivity index (χ1n) is 7.57. The molecule has 0 spiro atoms. The van der Waals surface area contributed by atoms with Crippen LogP contribution in [0.5, 0.6) is 0 Å². The molecule has 0 bridgehead atoms. The number of carbonyl (C=O) groups excluding carboxylic acids is 1. The number of carbonyl (C=O) groups is 1. The molecule has 0 N–H and O–H groups in total. The Morgan fingerprint density at radius 2 is 1.82 bits per heavy atom. The monoisotopic (exact) mass is 290 g/mol. The van der Waals surface area contributed by atoms with Crippen LogP contribution in [0, 0.1) is 18.3 Å². The Kier molecular flexibility index (Phi) is 3.93. The Balaban J connectivity index is 1.84. The van der Waals surface area contributed by atoms with E-state index in [9.17, 15) is 4.79 Å². The second-order valence-corrected chi connectivity index (χ2v) is 5.76. The standard InChI is InChI=1S/C19H18N2O/c1-14-4-8-16(9-5-14)18-3-2-12-21(18)19(22)17-10-6-15(13-20)7-11-17/h4-11,18H,2-3,12H2,1H3. The van der Waals surface area contributed by atoms with Crippen molar-refractivity contribution in [2.45, 2.75) is 25.8 Å². The Hall–Kier alpha value is -2.60. The molecular weight excluding hydrogens is 272 g/mol. The minimum atomic E-state index is 0.0487. The summed E-state index contributed by atoms with van der Waals surface area (Å²) in [5.74, 6) is 0.0487. The summed E-state index contributed by atoms with van der Waals surface area (Å²) in [6.07, 6.45) is 2.03. The summed E-state index contributed by atoms with van der Waals surface area (Å²) in [4.78, 5) is 14.7. The molecule has 3 nitrogen and oxygen atoms in total. The quantitative estimate of drug-likeness (QED) is 0.843. The van der Waals surface area contributed by atoms with Crippen LogP contribution < -0.4 is 0 Å². The highest BCUT2D eigenvalue weighted by atomic mass is 16.2. The number of benzene rings is 2. The van der Waals surface area contributed by atoms with Gasteiger partial charge in [-0.3, -0.25) is 4.79 Å². The van der Waals surface area contributed by atoms with Gasteiger partial charge in [-0.15, -0.1) is 0 Å². The Labute approximate surface area is 130 Å². The maximum atomic E-state index is 12.7. The van der Waals surface area contributed by atoms with Crippen molar-refractivity contribution in [2.75, 3.05) is 6.54 Å². The first kappa shape index (κ1) is 14.3. The molecule has 0 saturated carbocycles. The normalized spacial score (nSPS) is 17.3. The molecule has 110 valence electrons. The molecule has 1 fully saturated rings. The lowest BCUT2D eigenvalue weighted by atomic mass is 10.0. The summed E-state index contributed by atoms with van der Waals surface area (Å²) in [5, 5.41) is 8.85. The summed E-state index contributed by atoms with van der Waals surface area (Å²) in [5.41, 5.74) is 3.66. The van der Waals surface area contributed by atoms with E-state index in [4.69, 9.17) is 5.26 Å². The highest BCUT2D eigenvalue weighted by molar-refractivity contribution is 5.94. The summed E-state index contributed by atoms with van der Waals surface area (Å²) in [6, 6.07) is 17.5. The van der Waals surface area contributed by atoms with Crippen molar-refractivity contribution in [3.63, 3.8) is 0 Å². The number of amides is 1. The average Bonchev–Trinajstić information content (AvgIpc) is 3.04. The first-order valence-corrected chi connectivity index (χ1v) is 7.57. The Morgan fingerprint density at radius 1 is 1.14 bits per heavy atom. The molecule has 3 rings (SSSR count). The van der Waals surface area contributed by atoms with E-state index < -0.39 is 0 Å². The van der Waals surface area contributed by atoms with Gasteiger partial charge in [0, 0.05) is 12.1 Å². The van der Waals surface area contributed by atoms with Crippen molar-refractivity contribution in [3.05, 3.63) is 70.8 Å². The van der Waals surface area contributed by atoms with Gasteiger partial charge in [-0.1, -0.05) is 29.8 Å². The highest BCUT2D eigenvalue weighted by Crippen LogP contribution is 2.33. The van der Waals surface area contributed by atoms with Crippen LogP contribution in [-0.4, -0.2) is 17.4 Å². The number of hydrogen-bond donors (Lipinski definition) is 0. The van der Waals surface area contributed by atoms with Gasteiger partial charge in [-0.05, 0) is 49.6 Å². The molecule has 1 aliphatic heterocycles. The van der Waals surface area contributed by atoms with E-state index in [-0.39, 0.29) is 11.9 Å². The summed E-state index contributed by atoms with van der Waals surface area (Å²) in [7, 11) is 0. The van der Waals surface area contributed by atoms with E-state index in [0.29, 0.717) is 11.1 Å². The van der Waals surface area contributed by atoms with E-state index in [1.54, 1.807) is 24.3 Å². The zero-order valence-electron chi connectivity index (χ0n) is 12.6. The largest absolute Gasteiger partial charge is 0.332 e. The van der Waals surface area contributed by atoms with Crippen LogP contribution >= 0.6 is 0 Å². The molecule has 1 saturated heterocycles. The average molecular weight is 290 g/mol. The highest BCUT2D eigenvalue weighted by Gasteiger charge is 2.30. The first-order chi connectivity index (χ1) is 10.7. The number of likely N-dealkylation sites (tertiary alicyclic amines) is 1. The van der Waals surface area contributed by atoms with Gasteiger partial charge in [0.15, 0.2) is 0 Å². The summed E-state index contributed by atoms with van der Waals surface area (Å²) in [6.45, 7) is 2.86. The van der Waals surface area contributed by atoms with Crippen LogP contribution in [0.4, 0.5) is 0 Å². The fourth-order valence-electron chi connectivity index (χ4n) is 3.00. The van der Waals surface area contributed by atoms with Crippen LogP contribution in [0.25, 0.3) is 0 Å². The van der Waals surface area contributed by atoms with E-state index in [1.807, 2.05) is 4.90 Å². The van der Waals surface area contributed by atoms with Crippen LogP contribution in [-0.2, 0) is 0 Å². The second kappa shape index (κ2) is 6.03. The smallest absolute Gasteiger partial charge is 0.254 e. The topological polar surface area (TPSA) is 44.1 Å². The summed E-state index contributed by atoms with van der Waals surface area (Å²) < 4.78 is 0. The Bertz CT molecular complexity index is 711. The second-order valence-electron chi connectivity index (χ2n) is 5.76. The molecule has 1 heterocycles. The zero-order chi connectivity index (χ0) is 15.5. The van der Waals surface area contributed by atoms with E-state index in [0.717, 1.165) is 19.4 Å². The van der Waals surface area contributed by atoms with Crippen LogP contribution in [0.1, 0.15) is 45.9 Å². The SMILES string of the molecule is Cc1ccc(C2CCCN2C(=O)c2ccc(C#N)cc2)cc1. The van der Waals surface area contributed by atoms with Gasteiger partial charge in [0.05, 0.1) is 17.7 Å². The number of rotatable bonds is 2. The van der Waals surface area contributed by atoms with Gasteiger partial charge in [0.1, 0.15) is 0 Å². The van der Waals surface area contributed by atoms with Crippen molar-refractivity contribution >= 4 is 5.91 Å². The van der Waals surface area contributed by atoms with Gasteiger partial charge in [0.2, 0.25) is 0 Å². The third-order valence-corrected chi connectivity index (χ3v) is 4.24. The lowest BCUT2D eigenvalue weighted by Crippen LogP contribution is -2.30. The van der Waals surface area contributed by atoms with Crippen molar-refractivity contribution in [3.8, 4) is 6.07 Å². The molecule has 1 aliphatic rings. The predicted octanol–water partition coefficient (Wildman–Crippen LogP) is 3.84. The van der Waals surface area contributed by atoms with Crippen molar-refractivity contribution in [1.29, 1.82) is 5.26 Å². The minimum Gasteiger partial charge on any atom is -0.332 e. The molecule has 3 heteroatoms. The van der Waals surface area contributed by atoms with Crippen molar-refractivity contribution < 1.29 is 4.79 Å². The van der Waals surface area contributed by atoms with Crippen molar-refractivity contribution in [1.82, 2.24) is 4.90 Å². The molecule has 1 atom stereocenters. The van der Waals surface area contributed by atoms with Crippen LogP contribution in [0.3, 0.4) is 0 Å². The van der Waals surface area contributed by atoms with Gasteiger partial charge < -0.3 is 4.90 Å². The van der Waals surface area contributed by atoms with Crippen LogP contribution in [0.15, 0.2) is 48.5 Å². The third-order valence-electron chi connectivity index (χ3n) is 4.24. The maximum absolute atomic E-state index is 12.7. The molecule has 2 aromatic carbocycles. The predicted molar refractivity (Wildman–Crippen MR) is 85.3 cm³/mol. The molecular formula is C19H18N2O. The maximum Gasteiger partial charge on any atom is 0.254 e. The minimum absolute atomic E-state index is 0.0487. The van der Waals surface area contributed by atoms with E-state index in [2.05, 4.69) is 37.3 Å². The van der Waals surface area contributed by atoms with Gasteiger partial charge in [-0.2, -0.15) is 5.26 Å². The number of hydrogen-bond acceptors (Lipinski definition) is 2. The van der Waals surface area contributed by atoms with Crippen molar-refractivity contribution in [2.24, 2.45) is 0 Å². The molecule has 1 amide bonds. The molecule has 2 aromatic rings. The fraction of sp³-hybridized carbons (Fsp3) is 0.263. The number of nitrogens with zero attached hydrogens (tertiary/aromatic N) is 2. The molecule has 0 radical (unpaired) electrons. The molecule has 1 unspecified atom stereocenters. The lowest BCUT2D eigenvalue weighted by molar-refractivity contribution is 0.0735. The summed E-state index contributed by atoms with van der Waals surface area (Å²) >= 11 is 0. The fourth-order valence-corrected chi connectivity index (χ4v) is 3.00. The number of nitriles is 1. The molecule has 22 heavy (non-hydrogen) atoms. The van der Waals surface area contributed by atoms with Gasteiger partial charge in [0.25, 0.3) is 5.91 Å². The third kappa shape index (κ3) is 2.73. The van der Waals surface area contributed by atoms with E-state index >= 15 is 0 Å². The Morgan fingerprint density at radius 3 is 2.45 bits per heavy atom. The van der Waals surface area contributed by atoms with Crippen LogP contribution in [0.2, 0.25) is 0 Å². The lowest BCUT2D eigenvalue weighted by Gasteiger charge is -2.25. The van der Waals surface area contributed by atoms with Gasteiger partial charge >= 0.3 is 0 Å². The molecule has 0 aliphatic carbocycles. The van der Waals surface area contributed by atoms with Gasteiger partial charge in [-0.25, -0.2) is 0 Å². The number of aryl methyl sites for hydroxylation is 1. The van der Waals surface area contributed by atoms with E-state index in [1.165, 1.54) is 11.1 Å².